The molecule has 118 valence electrons. The number of anilines is 1. The van der Waals surface area contributed by atoms with Gasteiger partial charge in [0, 0.05) is 6.54 Å². The highest BCUT2D eigenvalue weighted by molar-refractivity contribution is 7.22. The van der Waals surface area contributed by atoms with Gasteiger partial charge in [-0.25, -0.2) is 4.98 Å². The fourth-order valence-corrected chi connectivity index (χ4v) is 3.37. The lowest BCUT2D eigenvalue weighted by molar-refractivity contribution is -0.124. The van der Waals surface area contributed by atoms with Crippen molar-refractivity contribution in [2.24, 2.45) is 0 Å². The number of amides is 1. The highest BCUT2D eigenvalue weighted by Crippen LogP contribution is 2.29. The number of hydrogen-bond donors (Lipinski definition) is 0. The summed E-state index contributed by atoms with van der Waals surface area (Å²) in [4.78, 5) is 19.0. The van der Waals surface area contributed by atoms with E-state index in [4.69, 9.17) is 4.74 Å². The summed E-state index contributed by atoms with van der Waals surface area (Å²) in [6.07, 6.45) is -0.565. The van der Waals surface area contributed by atoms with E-state index in [1.807, 2.05) is 61.5 Å². The van der Waals surface area contributed by atoms with Crippen LogP contribution in [0.25, 0.3) is 10.2 Å². The van der Waals surface area contributed by atoms with Crippen molar-refractivity contribution in [3.05, 3.63) is 54.6 Å². The van der Waals surface area contributed by atoms with Gasteiger partial charge in [0.05, 0.1) is 10.2 Å². The Bertz CT molecular complexity index is 768. The second-order valence-electron chi connectivity index (χ2n) is 5.12. The Morgan fingerprint density at radius 1 is 1.17 bits per heavy atom. The molecule has 3 aromatic rings. The SMILES string of the molecule is CCN(C(=O)C(C)Oc1ccccc1)c1nc2ccccc2s1. The van der Waals surface area contributed by atoms with Crippen LogP contribution in [0.1, 0.15) is 13.8 Å². The quantitative estimate of drug-likeness (QED) is 0.708. The van der Waals surface area contributed by atoms with Crippen LogP contribution >= 0.6 is 11.3 Å². The van der Waals surface area contributed by atoms with Crippen LogP contribution in [0.15, 0.2) is 54.6 Å². The first-order chi connectivity index (χ1) is 11.2. The van der Waals surface area contributed by atoms with Gasteiger partial charge in [-0.2, -0.15) is 0 Å². The summed E-state index contributed by atoms with van der Waals surface area (Å²) in [5.74, 6) is 0.601. The summed E-state index contributed by atoms with van der Waals surface area (Å²) in [6, 6.07) is 17.3. The summed E-state index contributed by atoms with van der Waals surface area (Å²) < 4.78 is 6.81. The van der Waals surface area contributed by atoms with Gasteiger partial charge in [-0.1, -0.05) is 41.7 Å². The number of thiazole rings is 1. The minimum absolute atomic E-state index is 0.0876. The van der Waals surface area contributed by atoms with Crippen molar-refractivity contribution < 1.29 is 9.53 Å². The minimum Gasteiger partial charge on any atom is -0.481 e. The largest absolute Gasteiger partial charge is 0.481 e. The van der Waals surface area contributed by atoms with E-state index in [0.717, 1.165) is 10.2 Å². The molecular formula is C18H18N2O2S. The van der Waals surface area contributed by atoms with Gasteiger partial charge in [-0.05, 0) is 38.1 Å². The Morgan fingerprint density at radius 2 is 1.87 bits per heavy atom. The highest BCUT2D eigenvalue weighted by Gasteiger charge is 2.24. The molecule has 0 radical (unpaired) electrons. The molecule has 1 aromatic heterocycles. The maximum absolute atomic E-state index is 12.7. The zero-order valence-corrected chi connectivity index (χ0v) is 13.9. The number of fused-ring (bicyclic) bond motifs is 1. The third kappa shape index (κ3) is 3.35. The van der Waals surface area contributed by atoms with Gasteiger partial charge in [-0.15, -0.1) is 0 Å². The second kappa shape index (κ2) is 6.79. The molecule has 1 unspecified atom stereocenters. The van der Waals surface area contributed by atoms with Crippen molar-refractivity contribution >= 4 is 32.6 Å². The molecule has 0 saturated heterocycles. The maximum atomic E-state index is 12.7. The Labute approximate surface area is 139 Å². The van der Waals surface area contributed by atoms with Crippen molar-refractivity contribution in [1.82, 2.24) is 4.98 Å². The van der Waals surface area contributed by atoms with Crippen molar-refractivity contribution in [1.29, 1.82) is 0 Å². The second-order valence-corrected chi connectivity index (χ2v) is 6.13. The van der Waals surface area contributed by atoms with Crippen molar-refractivity contribution in [2.75, 3.05) is 11.4 Å². The van der Waals surface area contributed by atoms with Crippen molar-refractivity contribution in [2.45, 2.75) is 20.0 Å². The summed E-state index contributed by atoms with van der Waals surface area (Å²) >= 11 is 1.52. The predicted octanol–water partition coefficient (Wildman–Crippen LogP) is 4.12. The zero-order valence-electron chi connectivity index (χ0n) is 13.1. The van der Waals surface area contributed by atoms with E-state index in [-0.39, 0.29) is 5.91 Å². The number of nitrogens with zero attached hydrogens (tertiary/aromatic N) is 2. The van der Waals surface area contributed by atoms with Crippen LogP contribution in [-0.4, -0.2) is 23.5 Å². The Kier molecular flexibility index (Phi) is 4.57. The van der Waals surface area contributed by atoms with Crippen LogP contribution in [0.4, 0.5) is 5.13 Å². The normalized spacial score (nSPS) is 12.1. The lowest BCUT2D eigenvalue weighted by Crippen LogP contribution is -2.40. The van der Waals surface area contributed by atoms with Crippen molar-refractivity contribution in [3.63, 3.8) is 0 Å². The summed E-state index contributed by atoms with van der Waals surface area (Å²) in [7, 11) is 0. The number of rotatable bonds is 5. The van der Waals surface area contributed by atoms with Crippen LogP contribution in [0.3, 0.4) is 0 Å². The van der Waals surface area contributed by atoms with Crippen LogP contribution in [0, 0.1) is 0 Å². The summed E-state index contributed by atoms with van der Waals surface area (Å²) in [5, 5.41) is 0.710. The monoisotopic (exact) mass is 326 g/mol. The number of aromatic nitrogens is 1. The maximum Gasteiger partial charge on any atom is 0.269 e. The fraction of sp³-hybridized carbons (Fsp3) is 0.222. The molecule has 23 heavy (non-hydrogen) atoms. The first-order valence-electron chi connectivity index (χ1n) is 7.57. The first-order valence-corrected chi connectivity index (χ1v) is 8.39. The number of benzene rings is 2. The third-order valence-electron chi connectivity index (χ3n) is 3.50. The molecule has 1 amide bonds. The summed E-state index contributed by atoms with van der Waals surface area (Å²) in [6.45, 7) is 4.27. The van der Waals surface area contributed by atoms with Gasteiger partial charge in [-0.3, -0.25) is 9.69 Å². The lowest BCUT2D eigenvalue weighted by Gasteiger charge is -2.22. The van der Waals surface area contributed by atoms with Crippen LogP contribution in [0.5, 0.6) is 5.75 Å². The lowest BCUT2D eigenvalue weighted by atomic mass is 10.3. The van der Waals surface area contributed by atoms with Gasteiger partial charge in [0.15, 0.2) is 11.2 Å². The molecule has 4 nitrogen and oxygen atoms in total. The molecule has 0 N–H and O–H groups in total. The molecule has 5 heteroatoms. The van der Waals surface area contributed by atoms with E-state index in [1.54, 1.807) is 11.8 Å². The molecule has 0 spiro atoms. The van der Waals surface area contributed by atoms with Crippen LogP contribution < -0.4 is 9.64 Å². The van der Waals surface area contributed by atoms with E-state index in [2.05, 4.69) is 4.98 Å². The van der Waals surface area contributed by atoms with Gasteiger partial charge >= 0.3 is 0 Å². The molecule has 2 aromatic carbocycles. The van der Waals surface area contributed by atoms with Gasteiger partial charge in [0.25, 0.3) is 5.91 Å². The number of carbonyl (C=O) groups excluding carboxylic acids is 1. The van der Waals surface area contributed by atoms with Gasteiger partial charge in [0.2, 0.25) is 0 Å². The molecule has 0 aliphatic heterocycles. The zero-order chi connectivity index (χ0) is 16.2. The van der Waals surface area contributed by atoms with E-state index in [1.165, 1.54) is 11.3 Å². The predicted molar refractivity (Wildman–Crippen MR) is 94.2 cm³/mol. The van der Waals surface area contributed by atoms with Gasteiger partial charge < -0.3 is 4.74 Å². The van der Waals surface area contributed by atoms with E-state index >= 15 is 0 Å². The third-order valence-corrected chi connectivity index (χ3v) is 4.56. The number of hydrogen-bond acceptors (Lipinski definition) is 4. The van der Waals surface area contributed by atoms with E-state index < -0.39 is 6.10 Å². The Balaban J connectivity index is 1.80. The standard InChI is InChI=1S/C18H18N2O2S/c1-3-20(18-19-15-11-7-8-12-16(15)23-18)17(21)13(2)22-14-9-5-4-6-10-14/h4-13H,3H2,1-2H3. The number of carbonyl (C=O) groups is 1. The Morgan fingerprint density at radius 3 is 2.57 bits per heavy atom. The summed E-state index contributed by atoms with van der Waals surface area (Å²) in [5.41, 5.74) is 0.912. The first kappa shape index (κ1) is 15.5. The molecule has 0 aliphatic rings. The molecule has 1 heterocycles. The molecule has 1 atom stereocenters. The number of para-hydroxylation sites is 2. The van der Waals surface area contributed by atoms with E-state index in [0.29, 0.717) is 17.4 Å². The molecule has 3 rings (SSSR count). The average Bonchev–Trinajstić information content (AvgIpc) is 3.00. The molecule has 0 fully saturated rings. The van der Waals surface area contributed by atoms with E-state index in [9.17, 15) is 4.79 Å². The molecule has 0 bridgehead atoms. The van der Waals surface area contributed by atoms with Crippen molar-refractivity contribution in [3.8, 4) is 5.75 Å². The molecule has 0 saturated carbocycles. The number of ether oxygens (including phenoxy) is 1. The average molecular weight is 326 g/mol. The fourth-order valence-electron chi connectivity index (χ4n) is 2.33. The molecular weight excluding hydrogens is 308 g/mol. The smallest absolute Gasteiger partial charge is 0.269 e. The minimum atomic E-state index is -0.565. The highest BCUT2D eigenvalue weighted by atomic mass is 32.1. The topological polar surface area (TPSA) is 42.4 Å². The van der Waals surface area contributed by atoms with Crippen LogP contribution in [-0.2, 0) is 4.79 Å². The van der Waals surface area contributed by atoms with Gasteiger partial charge in [0.1, 0.15) is 5.75 Å². The van der Waals surface area contributed by atoms with Crippen LogP contribution in [0.2, 0.25) is 0 Å². The Hall–Kier alpha value is -2.40. The molecule has 0 aliphatic carbocycles. The number of likely N-dealkylation sites (N-methyl/N-ethyl adjacent to an activating group) is 1.